The molecule has 0 fully saturated rings. The third-order valence-electron chi connectivity index (χ3n) is 2.73. The molecule has 0 aliphatic carbocycles. The number of phenolic OH excluding ortho intramolecular Hbond substituents is 1. The fraction of sp³-hybridized carbons (Fsp3) is 0.500. The van der Waals surface area contributed by atoms with Gasteiger partial charge in [-0.15, -0.1) is 11.6 Å². The Labute approximate surface area is 99.7 Å². The van der Waals surface area contributed by atoms with E-state index in [0.717, 1.165) is 0 Å². The van der Waals surface area contributed by atoms with Crippen LogP contribution in [0, 0.1) is 11.7 Å². The molecule has 0 saturated heterocycles. The highest BCUT2D eigenvalue weighted by atomic mass is 35.5. The van der Waals surface area contributed by atoms with Crippen LogP contribution >= 0.6 is 11.6 Å². The minimum atomic E-state index is -0.558. The van der Waals surface area contributed by atoms with Crippen LogP contribution in [-0.4, -0.2) is 22.2 Å². The average Bonchev–Trinajstić information content (AvgIpc) is 2.28. The van der Waals surface area contributed by atoms with Crippen LogP contribution in [0.25, 0.3) is 0 Å². The Bertz CT molecular complexity index is 344. The first-order valence-electron chi connectivity index (χ1n) is 5.26. The van der Waals surface area contributed by atoms with Crippen LogP contribution in [0.5, 0.6) is 5.75 Å². The number of hydrogen-bond donors (Lipinski definition) is 2. The minimum absolute atomic E-state index is 0.0279. The zero-order valence-corrected chi connectivity index (χ0v) is 9.91. The molecule has 0 aromatic heterocycles. The Kier molecular flexibility index (Phi) is 5.03. The molecule has 16 heavy (non-hydrogen) atoms. The number of halogens is 2. The zero-order valence-electron chi connectivity index (χ0n) is 9.16. The smallest absolute Gasteiger partial charge is 0.123 e. The maximum absolute atomic E-state index is 12.9. The van der Waals surface area contributed by atoms with E-state index in [1.165, 1.54) is 18.2 Å². The quantitative estimate of drug-likeness (QED) is 0.785. The van der Waals surface area contributed by atoms with Crippen molar-refractivity contribution >= 4 is 11.6 Å². The Balaban J connectivity index is 2.57. The van der Waals surface area contributed by atoms with Crippen molar-refractivity contribution in [3.63, 3.8) is 0 Å². The molecule has 0 amide bonds. The van der Waals surface area contributed by atoms with Crippen LogP contribution in [0.15, 0.2) is 18.2 Å². The van der Waals surface area contributed by atoms with Crippen molar-refractivity contribution in [3.8, 4) is 5.75 Å². The summed E-state index contributed by atoms with van der Waals surface area (Å²) in [5, 5.41) is 18.9. The number of benzene rings is 1. The van der Waals surface area contributed by atoms with Gasteiger partial charge in [0.05, 0.1) is 6.10 Å². The van der Waals surface area contributed by atoms with E-state index in [4.69, 9.17) is 11.6 Å². The summed E-state index contributed by atoms with van der Waals surface area (Å²) >= 11 is 5.53. The van der Waals surface area contributed by atoms with Gasteiger partial charge in [-0.3, -0.25) is 0 Å². The SMILES string of the molecule is CC(CCc1cc(F)ccc1O)[C@@H](O)CCl. The van der Waals surface area contributed by atoms with Gasteiger partial charge in [0.2, 0.25) is 0 Å². The number of aromatic hydroxyl groups is 1. The second kappa shape index (κ2) is 6.06. The topological polar surface area (TPSA) is 40.5 Å². The molecule has 1 unspecified atom stereocenters. The molecule has 1 rings (SSSR count). The molecule has 2 nitrogen and oxygen atoms in total. The van der Waals surface area contributed by atoms with Crippen molar-refractivity contribution < 1.29 is 14.6 Å². The number of alkyl halides is 1. The van der Waals surface area contributed by atoms with Gasteiger partial charge < -0.3 is 10.2 Å². The molecule has 2 N–H and O–H groups in total. The first kappa shape index (κ1) is 13.3. The van der Waals surface area contributed by atoms with E-state index in [0.29, 0.717) is 18.4 Å². The Morgan fingerprint density at radius 3 is 2.75 bits per heavy atom. The third-order valence-corrected chi connectivity index (χ3v) is 3.04. The third kappa shape index (κ3) is 3.65. The average molecular weight is 247 g/mol. The lowest BCUT2D eigenvalue weighted by molar-refractivity contribution is 0.133. The second-order valence-electron chi connectivity index (χ2n) is 4.01. The van der Waals surface area contributed by atoms with Crippen LogP contribution in [0.4, 0.5) is 4.39 Å². The number of aryl methyl sites for hydroxylation is 1. The minimum Gasteiger partial charge on any atom is -0.508 e. The second-order valence-corrected chi connectivity index (χ2v) is 4.32. The fourth-order valence-corrected chi connectivity index (χ4v) is 1.79. The predicted octanol–water partition coefficient (Wildman–Crippen LogP) is 2.70. The van der Waals surface area contributed by atoms with Gasteiger partial charge in [0.25, 0.3) is 0 Å². The summed E-state index contributed by atoms with van der Waals surface area (Å²) in [6, 6.07) is 3.87. The summed E-state index contributed by atoms with van der Waals surface area (Å²) in [7, 11) is 0. The largest absolute Gasteiger partial charge is 0.508 e. The molecule has 0 radical (unpaired) electrons. The lowest BCUT2D eigenvalue weighted by atomic mass is 9.96. The predicted molar refractivity (Wildman–Crippen MR) is 62.3 cm³/mol. The molecule has 4 heteroatoms. The van der Waals surface area contributed by atoms with Gasteiger partial charge in [0.15, 0.2) is 0 Å². The molecule has 0 aliphatic heterocycles. The Morgan fingerprint density at radius 1 is 1.44 bits per heavy atom. The molecular weight excluding hydrogens is 231 g/mol. The van der Waals surface area contributed by atoms with E-state index in [2.05, 4.69) is 0 Å². The highest BCUT2D eigenvalue weighted by molar-refractivity contribution is 6.18. The van der Waals surface area contributed by atoms with Crippen LogP contribution in [-0.2, 0) is 6.42 Å². The number of hydrogen-bond acceptors (Lipinski definition) is 2. The first-order valence-corrected chi connectivity index (χ1v) is 5.79. The molecule has 90 valence electrons. The van der Waals surface area contributed by atoms with Crippen molar-refractivity contribution in [1.29, 1.82) is 0 Å². The molecule has 0 spiro atoms. The van der Waals surface area contributed by atoms with Gasteiger partial charge in [0.1, 0.15) is 11.6 Å². The Hall–Kier alpha value is -0.800. The van der Waals surface area contributed by atoms with Gasteiger partial charge in [-0.05, 0) is 42.5 Å². The first-order chi connectivity index (χ1) is 7.54. The van der Waals surface area contributed by atoms with Crippen molar-refractivity contribution in [2.24, 2.45) is 5.92 Å². The van der Waals surface area contributed by atoms with Crippen molar-refractivity contribution in [2.75, 3.05) is 5.88 Å². The van der Waals surface area contributed by atoms with E-state index in [1.807, 2.05) is 6.92 Å². The van der Waals surface area contributed by atoms with E-state index >= 15 is 0 Å². The summed E-state index contributed by atoms with van der Waals surface area (Å²) in [4.78, 5) is 0. The number of phenols is 1. The maximum Gasteiger partial charge on any atom is 0.123 e. The molecule has 1 aromatic carbocycles. The van der Waals surface area contributed by atoms with Crippen LogP contribution in [0.3, 0.4) is 0 Å². The monoisotopic (exact) mass is 246 g/mol. The normalized spacial score (nSPS) is 14.8. The fourth-order valence-electron chi connectivity index (χ4n) is 1.48. The highest BCUT2D eigenvalue weighted by Crippen LogP contribution is 2.22. The summed E-state index contributed by atoms with van der Waals surface area (Å²) < 4.78 is 12.9. The summed E-state index contributed by atoms with van der Waals surface area (Å²) in [6.45, 7) is 1.88. The molecule has 1 aromatic rings. The van der Waals surface area contributed by atoms with Gasteiger partial charge in [-0.1, -0.05) is 6.92 Å². The van der Waals surface area contributed by atoms with Crippen LogP contribution in [0.1, 0.15) is 18.9 Å². The standard InChI is InChI=1S/C12H16ClFO2/c1-8(12(16)7-13)2-3-9-6-10(14)4-5-11(9)15/h4-6,8,12,15-16H,2-3,7H2,1H3/t8?,12-/m0/s1. The molecule has 2 atom stereocenters. The van der Waals surface area contributed by atoms with E-state index < -0.39 is 6.10 Å². The zero-order chi connectivity index (χ0) is 12.1. The van der Waals surface area contributed by atoms with Crippen molar-refractivity contribution in [2.45, 2.75) is 25.9 Å². The van der Waals surface area contributed by atoms with Gasteiger partial charge in [-0.2, -0.15) is 0 Å². The van der Waals surface area contributed by atoms with Crippen molar-refractivity contribution in [1.82, 2.24) is 0 Å². The highest BCUT2D eigenvalue weighted by Gasteiger charge is 2.13. The van der Waals surface area contributed by atoms with E-state index in [9.17, 15) is 14.6 Å². The lowest BCUT2D eigenvalue weighted by Gasteiger charge is -2.16. The van der Waals surface area contributed by atoms with Gasteiger partial charge >= 0.3 is 0 Å². The summed E-state index contributed by atoms with van der Waals surface area (Å²) in [5.74, 6) is -0.0523. The summed E-state index contributed by atoms with van der Waals surface area (Å²) in [5.41, 5.74) is 0.564. The van der Waals surface area contributed by atoms with Crippen molar-refractivity contribution in [3.05, 3.63) is 29.6 Å². The molecule has 0 bridgehead atoms. The molecule has 0 heterocycles. The Morgan fingerprint density at radius 2 is 2.12 bits per heavy atom. The number of aliphatic hydroxyl groups excluding tert-OH is 1. The van der Waals surface area contributed by atoms with Gasteiger partial charge in [-0.25, -0.2) is 4.39 Å². The van der Waals surface area contributed by atoms with E-state index in [1.54, 1.807) is 0 Å². The summed E-state index contributed by atoms with van der Waals surface area (Å²) in [6.07, 6.45) is 0.626. The number of aliphatic hydroxyl groups is 1. The maximum atomic E-state index is 12.9. The molecular formula is C12H16ClFO2. The molecule has 0 aliphatic rings. The van der Waals surface area contributed by atoms with Gasteiger partial charge in [0, 0.05) is 5.88 Å². The number of rotatable bonds is 5. The van der Waals surface area contributed by atoms with Crippen LogP contribution < -0.4 is 0 Å². The van der Waals surface area contributed by atoms with Crippen LogP contribution in [0.2, 0.25) is 0 Å². The lowest BCUT2D eigenvalue weighted by Crippen LogP contribution is -2.19. The molecule has 0 saturated carbocycles. The van der Waals surface area contributed by atoms with E-state index in [-0.39, 0.29) is 23.4 Å².